The maximum atomic E-state index is 9.30. The molecule has 1 N–H and O–H groups in total. The third-order valence-corrected chi connectivity index (χ3v) is 5.41. The van der Waals surface area contributed by atoms with Crippen molar-refractivity contribution in [1.82, 2.24) is 25.1 Å². The molecule has 0 atom stereocenters. The molecule has 0 spiro atoms. The maximum absolute atomic E-state index is 9.30. The second-order valence-electron chi connectivity index (χ2n) is 5.93. The van der Waals surface area contributed by atoms with Gasteiger partial charge in [-0.2, -0.15) is 10.4 Å². The minimum atomic E-state index is 0.584. The van der Waals surface area contributed by atoms with Gasteiger partial charge in [-0.05, 0) is 6.07 Å². The fourth-order valence-corrected chi connectivity index (χ4v) is 4.03. The molecule has 26 heavy (non-hydrogen) atoms. The number of nitrogens with zero attached hydrogens (tertiary/aromatic N) is 6. The standard InChI is InChI=1S/C17H13N7OS/c18-6-10-5-13-15(26-10)17(24-1-3-25-4-2-24)22-16(21-13)12-7-19-9-14-11(12)8-20-23-14/h5,7-9H,1-4H2,(H,20,23). The Morgan fingerprint density at radius 3 is 2.92 bits per heavy atom. The number of hydrogen-bond donors (Lipinski definition) is 1. The predicted octanol–water partition coefficient (Wildman–Crippen LogP) is 2.34. The lowest BCUT2D eigenvalue weighted by molar-refractivity contribution is 0.122. The molecule has 5 rings (SSSR count). The number of fused-ring (bicyclic) bond motifs is 2. The molecular formula is C17H13N7OS. The average Bonchev–Trinajstić information content (AvgIpc) is 3.34. The molecule has 0 radical (unpaired) electrons. The quantitative estimate of drug-likeness (QED) is 0.583. The van der Waals surface area contributed by atoms with Crippen molar-refractivity contribution >= 4 is 38.3 Å². The molecule has 0 aliphatic carbocycles. The third kappa shape index (κ3) is 2.39. The molecule has 5 heterocycles. The lowest BCUT2D eigenvalue weighted by Gasteiger charge is -2.28. The number of hydrogen-bond acceptors (Lipinski definition) is 8. The monoisotopic (exact) mass is 363 g/mol. The van der Waals surface area contributed by atoms with Gasteiger partial charge in [0.1, 0.15) is 10.9 Å². The highest BCUT2D eigenvalue weighted by atomic mass is 32.1. The third-order valence-electron chi connectivity index (χ3n) is 4.38. The SMILES string of the molecule is N#Cc1cc2nc(-c3cncc4[nH]ncc34)nc(N3CCOCC3)c2s1. The van der Waals surface area contributed by atoms with Crippen LogP contribution in [0.1, 0.15) is 4.88 Å². The van der Waals surface area contributed by atoms with E-state index in [1.54, 1.807) is 18.6 Å². The summed E-state index contributed by atoms with van der Waals surface area (Å²) in [6, 6.07) is 4.03. The van der Waals surface area contributed by atoms with E-state index in [9.17, 15) is 5.26 Å². The normalized spacial score (nSPS) is 14.8. The van der Waals surface area contributed by atoms with Gasteiger partial charge in [0.2, 0.25) is 0 Å². The summed E-state index contributed by atoms with van der Waals surface area (Å²) in [6.07, 6.45) is 5.23. The van der Waals surface area contributed by atoms with Crippen LogP contribution in [0.4, 0.5) is 5.82 Å². The summed E-state index contributed by atoms with van der Waals surface area (Å²) in [7, 11) is 0. The summed E-state index contributed by atoms with van der Waals surface area (Å²) in [6.45, 7) is 2.85. The van der Waals surface area contributed by atoms with E-state index in [4.69, 9.17) is 14.7 Å². The van der Waals surface area contributed by atoms with E-state index < -0.39 is 0 Å². The molecule has 9 heteroatoms. The van der Waals surface area contributed by atoms with Crippen LogP contribution in [0.2, 0.25) is 0 Å². The van der Waals surface area contributed by atoms with Crippen molar-refractivity contribution in [3.8, 4) is 17.5 Å². The van der Waals surface area contributed by atoms with Crippen molar-refractivity contribution in [2.24, 2.45) is 0 Å². The number of nitriles is 1. The number of H-pyrrole nitrogens is 1. The smallest absolute Gasteiger partial charge is 0.164 e. The Labute approximate surface area is 152 Å². The van der Waals surface area contributed by atoms with Gasteiger partial charge in [-0.15, -0.1) is 11.3 Å². The highest BCUT2D eigenvalue weighted by Gasteiger charge is 2.21. The fraction of sp³-hybridized carbons (Fsp3) is 0.235. The zero-order chi connectivity index (χ0) is 17.5. The van der Waals surface area contributed by atoms with Crippen LogP contribution in [0.5, 0.6) is 0 Å². The average molecular weight is 363 g/mol. The Hall–Kier alpha value is -3.09. The van der Waals surface area contributed by atoms with Crippen LogP contribution in [0.25, 0.3) is 32.5 Å². The number of pyridine rings is 1. The van der Waals surface area contributed by atoms with Gasteiger partial charge in [-0.1, -0.05) is 0 Å². The molecule has 4 aromatic rings. The Morgan fingerprint density at radius 2 is 2.08 bits per heavy atom. The first-order valence-corrected chi connectivity index (χ1v) is 8.97. The highest BCUT2D eigenvalue weighted by molar-refractivity contribution is 7.20. The van der Waals surface area contributed by atoms with Gasteiger partial charge in [0.05, 0.1) is 41.3 Å². The first-order chi connectivity index (χ1) is 12.8. The van der Waals surface area contributed by atoms with E-state index in [1.165, 1.54) is 11.3 Å². The zero-order valence-electron chi connectivity index (χ0n) is 13.6. The topological polar surface area (TPSA) is 104 Å². The van der Waals surface area contributed by atoms with Crippen LogP contribution in [-0.2, 0) is 4.74 Å². The van der Waals surface area contributed by atoms with Crippen LogP contribution in [0, 0.1) is 11.3 Å². The van der Waals surface area contributed by atoms with Crippen molar-refractivity contribution in [2.75, 3.05) is 31.2 Å². The Bertz CT molecular complexity index is 1150. The molecule has 8 nitrogen and oxygen atoms in total. The molecule has 0 aromatic carbocycles. The summed E-state index contributed by atoms with van der Waals surface area (Å²) in [5.74, 6) is 1.43. The van der Waals surface area contributed by atoms with E-state index in [1.807, 2.05) is 6.07 Å². The summed E-state index contributed by atoms with van der Waals surface area (Å²) in [5.41, 5.74) is 2.43. The van der Waals surface area contributed by atoms with E-state index in [0.717, 1.165) is 45.6 Å². The van der Waals surface area contributed by atoms with Crippen molar-refractivity contribution in [2.45, 2.75) is 0 Å². The second kappa shape index (κ2) is 6.01. The summed E-state index contributed by atoms with van der Waals surface area (Å²) in [4.78, 5) is 16.6. The van der Waals surface area contributed by atoms with Gasteiger partial charge in [-0.25, -0.2) is 9.97 Å². The van der Waals surface area contributed by atoms with Crippen molar-refractivity contribution in [3.05, 3.63) is 29.5 Å². The Balaban J connectivity index is 1.76. The first-order valence-electron chi connectivity index (χ1n) is 8.15. The largest absolute Gasteiger partial charge is 0.378 e. The number of ether oxygens (including phenoxy) is 1. The molecule has 128 valence electrons. The number of morpholine rings is 1. The molecule has 0 bridgehead atoms. The molecule has 1 aliphatic rings. The van der Waals surface area contributed by atoms with E-state index >= 15 is 0 Å². The molecule has 0 unspecified atom stereocenters. The molecular weight excluding hydrogens is 350 g/mol. The van der Waals surface area contributed by atoms with Gasteiger partial charge in [0, 0.05) is 30.2 Å². The number of rotatable bonds is 2. The number of nitrogens with one attached hydrogen (secondary N) is 1. The van der Waals surface area contributed by atoms with Crippen LogP contribution < -0.4 is 4.90 Å². The Kier molecular flexibility index (Phi) is 3.51. The molecule has 0 amide bonds. The maximum Gasteiger partial charge on any atom is 0.164 e. The lowest BCUT2D eigenvalue weighted by Crippen LogP contribution is -2.36. The summed E-state index contributed by atoms with van der Waals surface area (Å²) < 4.78 is 6.40. The van der Waals surface area contributed by atoms with E-state index in [2.05, 4.69) is 26.2 Å². The van der Waals surface area contributed by atoms with Crippen LogP contribution in [0.15, 0.2) is 24.7 Å². The number of thiophene rings is 1. The molecule has 0 saturated carbocycles. The number of anilines is 1. The zero-order valence-corrected chi connectivity index (χ0v) is 14.5. The lowest BCUT2D eigenvalue weighted by atomic mass is 10.2. The van der Waals surface area contributed by atoms with Gasteiger partial charge >= 0.3 is 0 Å². The predicted molar refractivity (Wildman–Crippen MR) is 98.0 cm³/mol. The fourth-order valence-electron chi connectivity index (χ4n) is 3.12. The number of aromatic nitrogens is 5. The molecule has 4 aromatic heterocycles. The minimum absolute atomic E-state index is 0.584. The Morgan fingerprint density at radius 1 is 1.19 bits per heavy atom. The molecule has 1 aliphatic heterocycles. The number of aromatic amines is 1. The van der Waals surface area contributed by atoms with Crippen molar-refractivity contribution in [3.63, 3.8) is 0 Å². The van der Waals surface area contributed by atoms with Gasteiger partial charge in [-0.3, -0.25) is 10.1 Å². The minimum Gasteiger partial charge on any atom is -0.378 e. The summed E-state index contributed by atoms with van der Waals surface area (Å²) >= 11 is 1.42. The van der Waals surface area contributed by atoms with E-state index in [0.29, 0.717) is 23.9 Å². The van der Waals surface area contributed by atoms with Gasteiger partial charge < -0.3 is 9.64 Å². The van der Waals surface area contributed by atoms with Gasteiger partial charge in [0.25, 0.3) is 0 Å². The summed E-state index contributed by atoms with van der Waals surface area (Å²) in [5, 5.41) is 17.2. The highest BCUT2D eigenvalue weighted by Crippen LogP contribution is 2.35. The molecule has 1 saturated heterocycles. The first kappa shape index (κ1) is 15.2. The van der Waals surface area contributed by atoms with Crippen molar-refractivity contribution < 1.29 is 4.74 Å². The van der Waals surface area contributed by atoms with Gasteiger partial charge in [0.15, 0.2) is 11.6 Å². The second-order valence-corrected chi connectivity index (χ2v) is 6.98. The van der Waals surface area contributed by atoms with Crippen LogP contribution >= 0.6 is 11.3 Å². The van der Waals surface area contributed by atoms with Crippen LogP contribution in [0.3, 0.4) is 0 Å². The van der Waals surface area contributed by atoms with E-state index in [-0.39, 0.29) is 0 Å². The molecule has 1 fully saturated rings. The van der Waals surface area contributed by atoms with Crippen LogP contribution in [-0.4, -0.2) is 51.5 Å². The van der Waals surface area contributed by atoms with Crippen molar-refractivity contribution in [1.29, 1.82) is 5.26 Å².